The lowest BCUT2D eigenvalue weighted by molar-refractivity contribution is -0.933. The molecule has 0 radical (unpaired) electrons. The maximum absolute atomic E-state index is 13.0. The van der Waals surface area contributed by atoms with Gasteiger partial charge in [-0.15, -0.1) is 11.3 Å². The molecule has 160 valence electrons. The molecule has 1 N–H and O–H groups in total. The number of hydrogen-bond acceptors (Lipinski definition) is 5. The van der Waals surface area contributed by atoms with Gasteiger partial charge in [0.25, 0.3) is 5.91 Å². The summed E-state index contributed by atoms with van der Waals surface area (Å²) in [6.07, 6.45) is 0. The SMILES string of the molecule is CCOC(=O)c1c(NC(=O)C[N+]23CCN(CC2)CC3)sc(C)c1-c1ccc(C)cc1. The molecule has 1 amide bonds. The predicted octanol–water partition coefficient (Wildman–Crippen LogP) is 3.29. The van der Waals surface area contributed by atoms with E-state index in [4.69, 9.17) is 4.74 Å². The Hall–Kier alpha value is -2.22. The van der Waals surface area contributed by atoms with Crippen molar-refractivity contribution in [2.45, 2.75) is 20.8 Å². The fourth-order valence-electron chi connectivity index (χ4n) is 4.54. The second kappa shape index (κ2) is 8.49. The number of carbonyl (C=O) groups excluding carboxylic acids is 2. The number of quaternary nitrogens is 1. The molecule has 2 aromatic rings. The maximum atomic E-state index is 13.0. The standard InChI is InChI=1S/C23H29N3O3S/c1-4-29-23(28)21-20(18-7-5-16(2)6-8-18)17(3)30-22(21)24-19(27)15-26-12-9-25(10-13-26)11-14-26/h5-8H,4,9-15H2,1-3H3/p+1. The van der Waals surface area contributed by atoms with Crippen molar-refractivity contribution >= 4 is 28.2 Å². The van der Waals surface area contributed by atoms with Gasteiger partial charge in [0, 0.05) is 30.1 Å². The first kappa shape index (κ1) is 21.0. The second-order valence-electron chi connectivity index (χ2n) is 8.38. The number of thiophene rings is 1. The third-order valence-corrected chi connectivity index (χ3v) is 7.33. The Bertz CT molecular complexity index is 930. The van der Waals surface area contributed by atoms with Crippen molar-refractivity contribution in [2.24, 2.45) is 0 Å². The molecular weight excluding hydrogens is 398 g/mol. The van der Waals surface area contributed by atoms with Crippen LogP contribution in [0, 0.1) is 13.8 Å². The molecule has 0 atom stereocenters. The van der Waals surface area contributed by atoms with Crippen molar-refractivity contribution in [3.63, 3.8) is 0 Å². The van der Waals surface area contributed by atoms with Crippen molar-refractivity contribution in [3.8, 4) is 11.1 Å². The average molecular weight is 429 g/mol. The van der Waals surface area contributed by atoms with Gasteiger partial charge in [0.05, 0.1) is 26.2 Å². The van der Waals surface area contributed by atoms with Crippen LogP contribution in [0.3, 0.4) is 0 Å². The molecule has 1 aromatic carbocycles. The quantitative estimate of drug-likeness (QED) is 0.567. The van der Waals surface area contributed by atoms with E-state index in [9.17, 15) is 9.59 Å². The van der Waals surface area contributed by atoms with Crippen LogP contribution in [-0.4, -0.2) is 73.7 Å². The minimum atomic E-state index is -0.383. The molecule has 3 aliphatic heterocycles. The third kappa shape index (κ3) is 4.15. The number of nitrogens with one attached hydrogen (secondary N) is 1. The van der Waals surface area contributed by atoms with Crippen molar-refractivity contribution < 1.29 is 18.8 Å². The molecule has 2 bridgehead atoms. The average Bonchev–Trinajstić information content (AvgIpc) is 3.05. The van der Waals surface area contributed by atoms with Crippen LogP contribution in [0.1, 0.15) is 27.7 Å². The van der Waals surface area contributed by atoms with Crippen LogP contribution in [-0.2, 0) is 9.53 Å². The Labute approximate surface area is 182 Å². The highest BCUT2D eigenvalue weighted by Crippen LogP contribution is 2.40. The van der Waals surface area contributed by atoms with Crippen molar-refractivity contribution in [1.29, 1.82) is 0 Å². The van der Waals surface area contributed by atoms with Gasteiger partial charge in [0.2, 0.25) is 0 Å². The van der Waals surface area contributed by atoms with E-state index in [2.05, 4.69) is 10.2 Å². The van der Waals surface area contributed by atoms with Gasteiger partial charge < -0.3 is 14.5 Å². The highest BCUT2D eigenvalue weighted by Gasteiger charge is 2.40. The van der Waals surface area contributed by atoms with Crippen molar-refractivity contribution in [1.82, 2.24) is 4.90 Å². The molecule has 5 rings (SSSR count). The normalized spacial score (nSPS) is 22.7. The highest BCUT2D eigenvalue weighted by atomic mass is 32.1. The first-order valence-electron chi connectivity index (χ1n) is 10.7. The molecule has 1 aromatic heterocycles. The van der Waals surface area contributed by atoms with E-state index in [1.807, 2.05) is 38.1 Å². The lowest BCUT2D eigenvalue weighted by Gasteiger charge is -2.50. The molecule has 0 aliphatic carbocycles. The van der Waals surface area contributed by atoms with E-state index in [-0.39, 0.29) is 11.9 Å². The summed E-state index contributed by atoms with van der Waals surface area (Å²) in [6, 6.07) is 8.10. The number of nitrogens with zero attached hydrogens (tertiary/aromatic N) is 2. The van der Waals surface area contributed by atoms with Crippen molar-refractivity contribution in [2.75, 3.05) is 57.7 Å². The van der Waals surface area contributed by atoms with Gasteiger partial charge in [-0.3, -0.25) is 9.69 Å². The largest absolute Gasteiger partial charge is 0.462 e. The van der Waals surface area contributed by atoms with Crippen LogP contribution in [0.15, 0.2) is 24.3 Å². The number of aryl methyl sites for hydroxylation is 2. The number of anilines is 1. The number of amides is 1. The molecule has 3 saturated heterocycles. The Morgan fingerprint density at radius 2 is 1.73 bits per heavy atom. The fraction of sp³-hybridized carbons (Fsp3) is 0.478. The molecule has 0 spiro atoms. The molecule has 4 heterocycles. The molecule has 3 fully saturated rings. The smallest absolute Gasteiger partial charge is 0.341 e. The lowest BCUT2D eigenvalue weighted by atomic mass is 10.0. The molecule has 0 unspecified atom stereocenters. The van der Waals surface area contributed by atoms with Gasteiger partial charge >= 0.3 is 5.97 Å². The first-order chi connectivity index (χ1) is 14.4. The number of rotatable bonds is 6. The summed E-state index contributed by atoms with van der Waals surface area (Å²) in [5.41, 5.74) is 3.45. The monoisotopic (exact) mass is 428 g/mol. The zero-order chi connectivity index (χ0) is 21.3. The van der Waals surface area contributed by atoms with E-state index < -0.39 is 0 Å². The third-order valence-electron chi connectivity index (χ3n) is 6.31. The van der Waals surface area contributed by atoms with Gasteiger partial charge in [-0.05, 0) is 26.3 Å². The van der Waals surface area contributed by atoms with Crippen LogP contribution in [0.25, 0.3) is 11.1 Å². The zero-order valence-corrected chi connectivity index (χ0v) is 18.8. The van der Waals surface area contributed by atoms with E-state index in [1.165, 1.54) is 11.3 Å². The molecule has 3 aliphatic rings. The number of hydrogen-bond donors (Lipinski definition) is 1. The number of carbonyl (C=O) groups is 2. The number of ether oxygens (including phenoxy) is 1. The Morgan fingerprint density at radius 1 is 1.10 bits per heavy atom. The topological polar surface area (TPSA) is 58.6 Å². The summed E-state index contributed by atoms with van der Waals surface area (Å²) >= 11 is 1.45. The van der Waals surface area contributed by atoms with Gasteiger partial charge in [-0.25, -0.2) is 4.79 Å². The van der Waals surface area contributed by atoms with Crippen LogP contribution >= 0.6 is 11.3 Å². The molecule has 6 nitrogen and oxygen atoms in total. The summed E-state index contributed by atoms with van der Waals surface area (Å²) in [5.74, 6) is -0.404. The summed E-state index contributed by atoms with van der Waals surface area (Å²) in [4.78, 5) is 29.3. The predicted molar refractivity (Wildman–Crippen MR) is 120 cm³/mol. The lowest BCUT2D eigenvalue weighted by Crippen LogP contribution is -2.68. The van der Waals surface area contributed by atoms with Gasteiger partial charge in [-0.1, -0.05) is 29.8 Å². The van der Waals surface area contributed by atoms with Crippen LogP contribution in [0.4, 0.5) is 5.00 Å². The van der Waals surface area contributed by atoms with Gasteiger partial charge in [-0.2, -0.15) is 0 Å². The fourth-order valence-corrected chi connectivity index (χ4v) is 5.62. The zero-order valence-electron chi connectivity index (χ0n) is 18.0. The minimum absolute atomic E-state index is 0.0207. The van der Waals surface area contributed by atoms with Gasteiger partial charge in [0.1, 0.15) is 10.6 Å². The van der Waals surface area contributed by atoms with E-state index in [1.54, 1.807) is 6.92 Å². The molecular formula is C23H30N3O3S+. The Kier molecular flexibility index (Phi) is 5.95. The number of piperazine rings is 3. The number of benzene rings is 1. The van der Waals surface area contributed by atoms with Crippen LogP contribution < -0.4 is 5.32 Å². The molecule has 30 heavy (non-hydrogen) atoms. The Balaban J connectivity index is 1.62. The summed E-state index contributed by atoms with van der Waals surface area (Å²) in [6.45, 7) is 12.9. The number of esters is 1. The first-order valence-corrected chi connectivity index (χ1v) is 11.5. The van der Waals surface area contributed by atoms with Crippen molar-refractivity contribution in [3.05, 3.63) is 40.3 Å². The molecule has 7 heteroatoms. The van der Waals surface area contributed by atoms with E-state index in [0.717, 1.165) is 65.3 Å². The minimum Gasteiger partial charge on any atom is -0.462 e. The summed E-state index contributed by atoms with van der Waals surface area (Å²) < 4.78 is 6.21. The number of fused-ring (bicyclic) bond motifs is 3. The summed E-state index contributed by atoms with van der Waals surface area (Å²) in [5, 5.41) is 3.66. The Morgan fingerprint density at radius 3 is 2.33 bits per heavy atom. The molecule has 0 saturated carbocycles. The highest BCUT2D eigenvalue weighted by molar-refractivity contribution is 7.17. The van der Waals surface area contributed by atoms with Gasteiger partial charge in [0.15, 0.2) is 6.54 Å². The maximum Gasteiger partial charge on any atom is 0.341 e. The van der Waals surface area contributed by atoms with E-state index >= 15 is 0 Å². The second-order valence-corrected chi connectivity index (χ2v) is 9.61. The van der Waals surface area contributed by atoms with Crippen LogP contribution in [0.5, 0.6) is 0 Å². The summed E-state index contributed by atoms with van der Waals surface area (Å²) in [7, 11) is 0. The van der Waals surface area contributed by atoms with E-state index in [0.29, 0.717) is 23.7 Å². The van der Waals surface area contributed by atoms with Crippen LogP contribution in [0.2, 0.25) is 0 Å².